The number of piperazine rings is 1. The Hall–Kier alpha value is -2.20. The lowest BCUT2D eigenvalue weighted by Gasteiger charge is -2.39. The summed E-state index contributed by atoms with van der Waals surface area (Å²) >= 11 is 8.10. The average Bonchev–Trinajstić information content (AvgIpc) is 3.69. The Morgan fingerprint density at radius 3 is 2.56 bits per heavy atom. The standard InChI is InChI=1S/C26H29ClFN5O2S/c1-32-15-6-7-16(32)12-33(11-15)25-19-10-29-23(22(28)24(19)30-26(31-25)36-3)18-8-17(35-13-34-2)9-20(27)21(18)14-4-5-14/h8-10,14-16H,4-7,11-13H2,1-3H3. The van der Waals surface area contributed by atoms with Gasteiger partial charge in [-0.05, 0) is 62.6 Å². The summed E-state index contributed by atoms with van der Waals surface area (Å²) in [7, 11) is 3.75. The number of benzene rings is 1. The highest BCUT2D eigenvalue weighted by Crippen LogP contribution is 2.49. The van der Waals surface area contributed by atoms with E-state index in [-0.39, 0.29) is 12.5 Å². The third-order valence-electron chi connectivity index (χ3n) is 7.66. The van der Waals surface area contributed by atoms with Crippen LogP contribution in [-0.2, 0) is 4.74 Å². The predicted molar refractivity (Wildman–Crippen MR) is 141 cm³/mol. The molecule has 1 saturated carbocycles. The maximum Gasteiger partial charge on any atom is 0.189 e. The first-order chi connectivity index (χ1) is 17.5. The lowest BCUT2D eigenvalue weighted by atomic mass is 9.98. The van der Waals surface area contributed by atoms with Crippen molar-refractivity contribution in [3.05, 3.63) is 34.7 Å². The first-order valence-electron chi connectivity index (χ1n) is 12.3. The highest BCUT2D eigenvalue weighted by molar-refractivity contribution is 7.98. The van der Waals surface area contributed by atoms with Crippen molar-refractivity contribution in [2.24, 2.45) is 0 Å². The summed E-state index contributed by atoms with van der Waals surface area (Å²) in [5.74, 6) is 1.13. The smallest absolute Gasteiger partial charge is 0.189 e. The molecule has 0 amide bonds. The van der Waals surface area contributed by atoms with E-state index in [1.807, 2.05) is 12.3 Å². The predicted octanol–water partition coefficient (Wildman–Crippen LogP) is 5.35. The largest absolute Gasteiger partial charge is 0.467 e. The van der Waals surface area contributed by atoms with Crippen LogP contribution < -0.4 is 9.64 Å². The Bertz CT molecular complexity index is 1310. The van der Waals surface area contributed by atoms with Crippen LogP contribution in [0.4, 0.5) is 10.2 Å². The fourth-order valence-electron chi connectivity index (χ4n) is 5.61. The summed E-state index contributed by atoms with van der Waals surface area (Å²) < 4.78 is 27.0. The van der Waals surface area contributed by atoms with Crippen LogP contribution in [0.3, 0.4) is 0 Å². The maximum atomic E-state index is 16.3. The number of ether oxygens (including phenoxy) is 2. The Labute approximate surface area is 219 Å². The van der Waals surface area contributed by atoms with E-state index in [2.05, 4.69) is 26.8 Å². The summed E-state index contributed by atoms with van der Waals surface area (Å²) in [6.07, 6.45) is 8.04. The van der Waals surface area contributed by atoms with E-state index in [1.54, 1.807) is 19.4 Å². The third-order valence-corrected chi connectivity index (χ3v) is 8.52. The van der Waals surface area contributed by atoms with Gasteiger partial charge in [0.25, 0.3) is 0 Å². The molecule has 0 N–H and O–H groups in total. The number of aromatic nitrogens is 3. The van der Waals surface area contributed by atoms with Crippen molar-refractivity contribution in [3.8, 4) is 17.0 Å². The van der Waals surface area contributed by atoms with Crippen LogP contribution in [0.1, 0.15) is 37.2 Å². The number of halogens is 2. The molecule has 0 spiro atoms. The molecule has 2 saturated heterocycles. The normalized spacial score (nSPS) is 22.0. The third kappa shape index (κ3) is 4.20. The van der Waals surface area contributed by atoms with Gasteiger partial charge in [0.05, 0.1) is 5.39 Å². The lowest BCUT2D eigenvalue weighted by Crippen LogP contribution is -2.52. The zero-order chi connectivity index (χ0) is 25.0. The quantitative estimate of drug-likeness (QED) is 0.230. The first-order valence-corrected chi connectivity index (χ1v) is 13.9. The number of pyridine rings is 1. The van der Waals surface area contributed by atoms with E-state index in [1.165, 1.54) is 24.6 Å². The minimum Gasteiger partial charge on any atom is -0.467 e. The Morgan fingerprint density at radius 1 is 1.14 bits per heavy atom. The molecule has 190 valence electrons. The van der Waals surface area contributed by atoms with Crippen molar-refractivity contribution in [2.75, 3.05) is 45.2 Å². The fraction of sp³-hybridized carbons (Fsp3) is 0.500. The number of nitrogens with zero attached hydrogens (tertiary/aromatic N) is 5. The van der Waals surface area contributed by atoms with Gasteiger partial charge < -0.3 is 14.4 Å². The van der Waals surface area contributed by atoms with Crippen molar-refractivity contribution in [1.82, 2.24) is 19.9 Å². The molecule has 36 heavy (non-hydrogen) atoms. The van der Waals surface area contributed by atoms with E-state index in [0.717, 1.165) is 37.3 Å². The number of fused-ring (bicyclic) bond motifs is 3. The molecule has 3 aromatic rings. The molecule has 4 heterocycles. The maximum absolute atomic E-state index is 16.3. The highest BCUT2D eigenvalue weighted by atomic mass is 35.5. The lowest BCUT2D eigenvalue weighted by molar-refractivity contribution is 0.0511. The van der Waals surface area contributed by atoms with Gasteiger partial charge in [0.2, 0.25) is 0 Å². The van der Waals surface area contributed by atoms with Crippen LogP contribution in [0.2, 0.25) is 5.02 Å². The van der Waals surface area contributed by atoms with Gasteiger partial charge in [-0.1, -0.05) is 23.4 Å². The number of anilines is 1. The summed E-state index contributed by atoms with van der Waals surface area (Å²) in [4.78, 5) is 18.8. The van der Waals surface area contributed by atoms with Crippen LogP contribution in [-0.4, -0.2) is 72.2 Å². The van der Waals surface area contributed by atoms with Gasteiger partial charge in [0.1, 0.15) is 22.8 Å². The minimum atomic E-state index is -0.453. The number of likely N-dealkylation sites (N-methyl/N-ethyl adjacent to an activating group) is 1. The van der Waals surface area contributed by atoms with Crippen LogP contribution in [0, 0.1) is 5.82 Å². The number of hydrogen-bond acceptors (Lipinski definition) is 8. The Kier molecular flexibility index (Phi) is 6.44. The Morgan fingerprint density at radius 2 is 1.89 bits per heavy atom. The Balaban J connectivity index is 1.48. The van der Waals surface area contributed by atoms with Crippen molar-refractivity contribution in [2.45, 2.75) is 48.8 Å². The molecule has 1 aliphatic carbocycles. The van der Waals surface area contributed by atoms with E-state index in [0.29, 0.717) is 50.4 Å². The molecule has 2 atom stereocenters. The first kappa shape index (κ1) is 24.2. The van der Waals surface area contributed by atoms with E-state index < -0.39 is 5.82 Å². The molecular weight excluding hydrogens is 501 g/mol. The number of hydrogen-bond donors (Lipinski definition) is 0. The van der Waals surface area contributed by atoms with Crippen molar-refractivity contribution >= 4 is 40.1 Å². The molecule has 2 unspecified atom stereocenters. The molecule has 3 aliphatic rings. The molecule has 3 fully saturated rings. The molecule has 1 aromatic carbocycles. The van der Waals surface area contributed by atoms with E-state index >= 15 is 4.39 Å². The van der Waals surface area contributed by atoms with Crippen LogP contribution in [0.15, 0.2) is 23.5 Å². The zero-order valence-corrected chi connectivity index (χ0v) is 22.2. The van der Waals surface area contributed by atoms with Gasteiger partial charge in [-0.25, -0.2) is 14.4 Å². The van der Waals surface area contributed by atoms with Gasteiger partial charge in [0.15, 0.2) is 17.8 Å². The molecule has 0 radical (unpaired) electrons. The van der Waals surface area contributed by atoms with E-state index in [9.17, 15) is 0 Å². The molecule has 2 bridgehead atoms. The zero-order valence-electron chi connectivity index (χ0n) is 20.6. The summed E-state index contributed by atoms with van der Waals surface area (Å²) in [5.41, 5.74) is 2.10. The van der Waals surface area contributed by atoms with Gasteiger partial charge in [-0.3, -0.25) is 9.88 Å². The van der Waals surface area contributed by atoms with E-state index in [4.69, 9.17) is 26.1 Å². The highest BCUT2D eigenvalue weighted by Gasteiger charge is 2.39. The van der Waals surface area contributed by atoms with Crippen LogP contribution in [0.25, 0.3) is 22.2 Å². The van der Waals surface area contributed by atoms with Gasteiger partial charge in [-0.2, -0.15) is 0 Å². The summed E-state index contributed by atoms with van der Waals surface area (Å²) in [5, 5.41) is 1.75. The van der Waals surface area contributed by atoms with Crippen molar-refractivity contribution in [3.63, 3.8) is 0 Å². The SMILES string of the molecule is COCOc1cc(Cl)c(C2CC2)c(-c2ncc3c(N4CC5CCC(C4)N5C)nc(SC)nc3c2F)c1. The monoisotopic (exact) mass is 529 g/mol. The van der Waals surface area contributed by atoms with Crippen molar-refractivity contribution in [1.29, 1.82) is 0 Å². The van der Waals surface area contributed by atoms with Gasteiger partial charge >= 0.3 is 0 Å². The molecule has 2 aromatic heterocycles. The van der Waals surface area contributed by atoms with Crippen LogP contribution in [0.5, 0.6) is 5.75 Å². The molecule has 7 nitrogen and oxygen atoms in total. The van der Waals surface area contributed by atoms with Crippen LogP contribution >= 0.6 is 23.4 Å². The minimum absolute atomic E-state index is 0.0762. The number of rotatable bonds is 7. The molecule has 2 aliphatic heterocycles. The summed E-state index contributed by atoms with van der Waals surface area (Å²) in [6, 6.07) is 4.55. The topological polar surface area (TPSA) is 63.6 Å². The second-order valence-corrected chi connectivity index (χ2v) is 11.0. The molecule has 6 rings (SSSR count). The second-order valence-electron chi connectivity index (χ2n) is 9.86. The average molecular weight is 530 g/mol. The fourth-order valence-corrected chi connectivity index (χ4v) is 6.34. The van der Waals surface area contributed by atoms with Gasteiger partial charge in [0, 0.05) is 49.1 Å². The molecule has 10 heteroatoms. The summed E-state index contributed by atoms with van der Waals surface area (Å²) in [6.45, 7) is 1.82. The second kappa shape index (κ2) is 9.59. The number of methoxy groups -OCH3 is 1. The van der Waals surface area contributed by atoms with Gasteiger partial charge in [-0.15, -0.1) is 0 Å². The van der Waals surface area contributed by atoms with Crippen molar-refractivity contribution < 1.29 is 13.9 Å². The number of thioether (sulfide) groups is 1. The molecular formula is C26H29ClFN5O2S.